The Morgan fingerprint density at radius 1 is 0.862 bits per heavy atom. The van der Waals surface area contributed by atoms with Crippen LogP contribution in [0.2, 0.25) is 0 Å². The first-order chi connectivity index (χ1) is 14.2. The zero-order chi connectivity index (χ0) is 20.4. The van der Waals surface area contributed by atoms with Crippen molar-refractivity contribution < 1.29 is 23.6 Å². The maximum Gasteiger partial charge on any atom is 0.251 e. The Kier molecular flexibility index (Phi) is 4.87. The first kappa shape index (κ1) is 18.5. The summed E-state index contributed by atoms with van der Waals surface area (Å²) in [4.78, 5) is 13.9. The number of hydrogen-bond acceptors (Lipinski definition) is 6. The molecule has 146 valence electrons. The Morgan fingerprint density at radius 2 is 1.55 bits per heavy atom. The number of H-pyrrole nitrogens is 1. The quantitative estimate of drug-likeness (QED) is 0.432. The van der Waals surface area contributed by atoms with Crippen molar-refractivity contribution in [3.8, 4) is 39.7 Å². The van der Waals surface area contributed by atoms with Gasteiger partial charge in [-0.05, 0) is 35.0 Å². The van der Waals surface area contributed by atoms with Gasteiger partial charge >= 0.3 is 0 Å². The van der Waals surface area contributed by atoms with Gasteiger partial charge in [0.25, 0.3) is 5.52 Å². The van der Waals surface area contributed by atoms with Crippen molar-refractivity contribution in [3.63, 3.8) is 0 Å². The van der Waals surface area contributed by atoms with Crippen molar-refractivity contribution in [2.24, 2.45) is 5.18 Å². The third-order valence-corrected chi connectivity index (χ3v) is 4.70. The summed E-state index contributed by atoms with van der Waals surface area (Å²) in [6.45, 7) is 0. The van der Waals surface area contributed by atoms with Crippen LogP contribution in [0.3, 0.4) is 0 Å². The van der Waals surface area contributed by atoms with Crippen LogP contribution in [0.15, 0.2) is 64.3 Å². The molecule has 0 fully saturated rings. The molecule has 0 aliphatic heterocycles. The summed E-state index contributed by atoms with van der Waals surface area (Å²) in [5.74, 6) is 2.26. The van der Waals surface area contributed by atoms with Crippen molar-refractivity contribution in [1.82, 2.24) is 0 Å². The van der Waals surface area contributed by atoms with Crippen molar-refractivity contribution in [2.75, 3.05) is 21.3 Å². The van der Waals surface area contributed by atoms with E-state index >= 15 is 0 Å². The van der Waals surface area contributed by atoms with Crippen LogP contribution in [-0.4, -0.2) is 21.3 Å². The van der Waals surface area contributed by atoms with Gasteiger partial charge in [0.2, 0.25) is 11.3 Å². The van der Waals surface area contributed by atoms with Crippen molar-refractivity contribution in [2.45, 2.75) is 0 Å². The SMILES string of the molecule is COc1cc(-c2cc3[nH+]ccc(-c4ccc(N=O)cc4)c3o2)cc(OC)c1OC. The topological polar surface area (TPSA) is 84.4 Å². The van der Waals surface area contributed by atoms with Gasteiger partial charge < -0.3 is 18.6 Å². The van der Waals surface area contributed by atoms with Gasteiger partial charge in [-0.2, -0.15) is 0 Å². The van der Waals surface area contributed by atoms with Crippen LogP contribution in [0.25, 0.3) is 33.6 Å². The molecule has 4 aromatic rings. The van der Waals surface area contributed by atoms with Gasteiger partial charge in [-0.3, -0.25) is 0 Å². The first-order valence-corrected chi connectivity index (χ1v) is 8.87. The van der Waals surface area contributed by atoms with Gasteiger partial charge in [-0.1, -0.05) is 12.1 Å². The van der Waals surface area contributed by atoms with Crippen molar-refractivity contribution >= 4 is 16.8 Å². The van der Waals surface area contributed by atoms with Gasteiger partial charge in [0.1, 0.15) is 11.4 Å². The largest absolute Gasteiger partial charge is 0.493 e. The molecule has 0 bridgehead atoms. The molecule has 1 N–H and O–H groups in total. The molecule has 0 saturated carbocycles. The molecule has 7 heteroatoms. The summed E-state index contributed by atoms with van der Waals surface area (Å²) in [5.41, 5.74) is 4.52. The number of furan rings is 1. The lowest BCUT2D eigenvalue weighted by Gasteiger charge is -2.13. The number of aromatic amines is 1. The van der Waals surface area contributed by atoms with E-state index in [1.165, 1.54) is 0 Å². The summed E-state index contributed by atoms with van der Waals surface area (Å²) < 4.78 is 22.5. The van der Waals surface area contributed by atoms with Gasteiger partial charge in [0.05, 0.1) is 27.4 Å². The van der Waals surface area contributed by atoms with Crippen LogP contribution in [0.1, 0.15) is 0 Å². The molecule has 2 heterocycles. The van der Waals surface area contributed by atoms with Crippen LogP contribution < -0.4 is 19.2 Å². The van der Waals surface area contributed by atoms with E-state index in [9.17, 15) is 4.91 Å². The molecule has 0 aliphatic rings. The molecule has 0 spiro atoms. The molecule has 0 radical (unpaired) electrons. The number of nitroso groups, excluding NO2 is 1. The van der Waals surface area contributed by atoms with Gasteiger partial charge in [0.15, 0.2) is 17.7 Å². The lowest BCUT2D eigenvalue weighted by Crippen LogP contribution is -2.00. The molecule has 29 heavy (non-hydrogen) atoms. The molecule has 0 unspecified atom stereocenters. The predicted octanol–water partition coefficient (Wildman–Crippen LogP) is 5.00. The van der Waals surface area contributed by atoms with Crippen molar-refractivity contribution in [1.29, 1.82) is 0 Å². The standard InChI is InChI=1S/C22H18N2O5/c1-26-19-10-14(11-20(27-2)22(19)28-3)18-12-17-21(29-18)16(8-9-23-17)13-4-6-15(24-25)7-5-13/h4-12H,1-3H3/p+1. The molecular weight excluding hydrogens is 372 g/mol. The smallest absolute Gasteiger partial charge is 0.251 e. The second-order valence-corrected chi connectivity index (χ2v) is 6.30. The second-order valence-electron chi connectivity index (χ2n) is 6.30. The van der Waals surface area contributed by atoms with Gasteiger partial charge in [-0.25, -0.2) is 4.98 Å². The normalized spacial score (nSPS) is 10.7. The second kappa shape index (κ2) is 7.63. The third kappa shape index (κ3) is 3.27. The van der Waals surface area contributed by atoms with Crippen molar-refractivity contribution in [3.05, 3.63) is 59.6 Å². The van der Waals surface area contributed by atoms with E-state index in [2.05, 4.69) is 10.2 Å². The molecule has 0 atom stereocenters. The van der Waals surface area contributed by atoms with Crippen LogP contribution >= 0.6 is 0 Å². The lowest BCUT2D eigenvalue weighted by molar-refractivity contribution is -0.344. The van der Waals surface area contributed by atoms with E-state index in [1.807, 2.05) is 42.6 Å². The fourth-order valence-corrected chi connectivity index (χ4v) is 3.28. The maximum atomic E-state index is 10.7. The minimum absolute atomic E-state index is 0.380. The highest BCUT2D eigenvalue weighted by atomic mass is 16.5. The summed E-state index contributed by atoms with van der Waals surface area (Å²) in [6.07, 6.45) is 1.85. The number of pyridine rings is 1. The monoisotopic (exact) mass is 391 g/mol. The summed E-state index contributed by atoms with van der Waals surface area (Å²) in [5, 5.41) is 2.94. The lowest BCUT2D eigenvalue weighted by atomic mass is 10.1. The fraction of sp³-hybridized carbons (Fsp3) is 0.136. The average molecular weight is 391 g/mol. The number of hydrogen-bond donors (Lipinski definition) is 0. The number of rotatable bonds is 6. The zero-order valence-corrected chi connectivity index (χ0v) is 16.2. The van der Waals surface area contributed by atoms with E-state index in [4.69, 9.17) is 18.6 Å². The molecule has 4 rings (SSSR count). The number of nitrogens with one attached hydrogen (secondary N) is 1. The third-order valence-electron chi connectivity index (χ3n) is 4.70. The minimum atomic E-state index is 0.380. The highest BCUT2D eigenvalue weighted by Crippen LogP contribution is 2.42. The summed E-state index contributed by atoms with van der Waals surface area (Å²) in [7, 11) is 4.71. The van der Waals surface area contributed by atoms with E-state index in [0.717, 1.165) is 22.2 Å². The molecular formula is C22H19N2O5+. The van der Waals surface area contributed by atoms with E-state index in [1.54, 1.807) is 33.5 Å². The van der Waals surface area contributed by atoms with Crippen LogP contribution in [-0.2, 0) is 0 Å². The Hall–Kier alpha value is -3.87. The van der Waals surface area contributed by atoms with Crippen LogP contribution in [0, 0.1) is 4.91 Å². The molecule has 0 aliphatic carbocycles. The number of aromatic nitrogens is 1. The highest BCUT2D eigenvalue weighted by Gasteiger charge is 2.20. The minimum Gasteiger partial charge on any atom is -0.493 e. The highest BCUT2D eigenvalue weighted by molar-refractivity contribution is 5.91. The Bertz CT molecular complexity index is 1160. The predicted molar refractivity (Wildman–Crippen MR) is 109 cm³/mol. The van der Waals surface area contributed by atoms with Crippen LogP contribution in [0.4, 0.5) is 5.69 Å². The van der Waals surface area contributed by atoms with Gasteiger partial charge in [-0.15, -0.1) is 4.91 Å². The molecule has 2 aromatic heterocycles. The Morgan fingerprint density at radius 3 is 2.14 bits per heavy atom. The number of nitrogens with zero attached hydrogens (tertiary/aromatic N) is 1. The first-order valence-electron chi connectivity index (χ1n) is 8.87. The molecule has 7 nitrogen and oxygen atoms in total. The van der Waals surface area contributed by atoms with E-state index in [-0.39, 0.29) is 0 Å². The summed E-state index contributed by atoms with van der Waals surface area (Å²) >= 11 is 0. The fourth-order valence-electron chi connectivity index (χ4n) is 3.28. The molecule has 2 aromatic carbocycles. The maximum absolute atomic E-state index is 10.7. The Labute approximate surface area is 166 Å². The Balaban J connectivity index is 1.85. The van der Waals surface area contributed by atoms with E-state index in [0.29, 0.717) is 34.3 Å². The van der Waals surface area contributed by atoms with Gasteiger partial charge in [0, 0.05) is 17.2 Å². The van der Waals surface area contributed by atoms with Crippen LogP contribution in [0.5, 0.6) is 17.2 Å². The molecule has 0 saturated heterocycles. The van der Waals surface area contributed by atoms with E-state index < -0.39 is 0 Å². The summed E-state index contributed by atoms with van der Waals surface area (Å²) in [6, 6.07) is 14.5. The number of benzene rings is 2. The molecule has 0 amide bonds. The number of fused-ring (bicyclic) bond motifs is 1. The average Bonchev–Trinajstić information content (AvgIpc) is 3.22. The number of methoxy groups -OCH3 is 3. The zero-order valence-electron chi connectivity index (χ0n) is 16.2. The number of ether oxygens (including phenoxy) is 3.